The van der Waals surface area contributed by atoms with Crippen LogP contribution in [0.3, 0.4) is 0 Å². The third kappa shape index (κ3) is 1.86. The average Bonchev–Trinajstić information content (AvgIpc) is 2.57. The lowest BCUT2D eigenvalue weighted by atomic mass is 9.57. The van der Waals surface area contributed by atoms with Crippen molar-refractivity contribution in [1.82, 2.24) is 10.6 Å². The minimum absolute atomic E-state index is 0. The van der Waals surface area contributed by atoms with Crippen LogP contribution in [0.15, 0.2) is 0 Å². The van der Waals surface area contributed by atoms with Gasteiger partial charge in [-0.1, -0.05) is 13.8 Å². The van der Waals surface area contributed by atoms with E-state index in [1.165, 1.54) is 0 Å². The molecule has 0 aromatic rings. The maximum Gasteiger partial charge on any atom is 0.225 e. The van der Waals surface area contributed by atoms with Gasteiger partial charge in [0.05, 0.1) is 12.0 Å². The Morgan fingerprint density at radius 2 is 2.12 bits per heavy atom. The fourth-order valence-corrected chi connectivity index (χ4v) is 3.36. The number of carbonyl (C=O) groups excluding carboxylic acids is 1. The highest BCUT2D eigenvalue weighted by Crippen LogP contribution is 2.52. The molecule has 0 aromatic carbocycles. The summed E-state index contributed by atoms with van der Waals surface area (Å²) in [7, 11) is 0. The number of nitrogens with one attached hydrogen (secondary N) is 2. The van der Waals surface area contributed by atoms with E-state index in [4.69, 9.17) is 4.74 Å². The SMILES string of the molecule is CC1(C)C(NC(=O)C2CNC2)C2CCOC21.Cl. The Morgan fingerprint density at radius 3 is 2.71 bits per heavy atom. The van der Waals surface area contributed by atoms with Crippen molar-refractivity contribution in [2.45, 2.75) is 32.4 Å². The first-order chi connectivity index (χ1) is 7.60. The summed E-state index contributed by atoms with van der Waals surface area (Å²) in [5, 5.41) is 6.35. The number of rotatable bonds is 2. The van der Waals surface area contributed by atoms with Crippen molar-refractivity contribution in [2.75, 3.05) is 19.7 Å². The van der Waals surface area contributed by atoms with Gasteiger partial charge < -0.3 is 15.4 Å². The Bertz CT molecular complexity index is 318. The van der Waals surface area contributed by atoms with Gasteiger partial charge in [0, 0.05) is 37.1 Å². The first-order valence-electron chi connectivity index (χ1n) is 6.23. The monoisotopic (exact) mass is 260 g/mol. The van der Waals surface area contributed by atoms with Crippen LogP contribution in [-0.4, -0.2) is 37.7 Å². The summed E-state index contributed by atoms with van der Waals surface area (Å²) in [6.07, 6.45) is 1.46. The Kier molecular flexibility index (Phi) is 3.40. The first-order valence-corrected chi connectivity index (χ1v) is 6.23. The summed E-state index contributed by atoms with van der Waals surface area (Å²) in [5.74, 6) is 0.964. The van der Waals surface area contributed by atoms with Gasteiger partial charge in [0.1, 0.15) is 0 Å². The predicted octanol–water partition coefficient (Wildman–Crippen LogP) is 0.557. The molecule has 3 fully saturated rings. The van der Waals surface area contributed by atoms with Gasteiger partial charge in [0.2, 0.25) is 5.91 Å². The van der Waals surface area contributed by atoms with Gasteiger partial charge in [-0.2, -0.15) is 0 Å². The third-order valence-corrected chi connectivity index (χ3v) is 4.55. The molecule has 2 heterocycles. The molecule has 0 radical (unpaired) electrons. The highest BCUT2D eigenvalue weighted by Gasteiger charge is 2.60. The maximum absolute atomic E-state index is 11.9. The van der Waals surface area contributed by atoms with E-state index in [-0.39, 0.29) is 29.6 Å². The van der Waals surface area contributed by atoms with Crippen molar-refractivity contribution in [3.8, 4) is 0 Å². The zero-order chi connectivity index (χ0) is 11.3. The molecule has 3 unspecified atom stereocenters. The molecule has 3 atom stereocenters. The van der Waals surface area contributed by atoms with Crippen molar-refractivity contribution in [3.63, 3.8) is 0 Å². The fraction of sp³-hybridized carbons (Fsp3) is 0.917. The van der Waals surface area contributed by atoms with Gasteiger partial charge in [0.15, 0.2) is 0 Å². The van der Waals surface area contributed by atoms with Gasteiger partial charge >= 0.3 is 0 Å². The van der Waals surface area contributed by atoms with E-state index in [1.807, 2.05) is 0 Å². The number of ether oxygens (including phenoxy) is 1. The molecule has 3 aliphatic rings. The van der Waals surface area contributed by atoms with E-state index < -0.39 is 0 Å². The van der Waals surface area contributed by atoms with Crippen molar-refractivity contribution < 1.29 is 9.53 Å². The topological polar surface area (TPSA) is 50.4 Å². The Balaban J connectivity index is 0.00000108. The van der Waals surface area contributed by atoms with Crippen LogP contribution in [0, 0.1) is 17.3 Å². The van der Waals surface area contributed by atoms with Crippen LogP contribution < -0.4 is 10.6 Å². The van der Waals surface area contributed by atoms with Gasteiger partial charge in [-0.25, -0.2) is 0 Å². The summed E-state index contributed by atoms with van der Waals surface area (Å²) < 4.78 is 5.72. The number of halogens is 1. The van der Waals surface area contributed by atoms with Gasteiger partial charge in [0.25, 0.3) is 0 Å². The quantitative estimate of drug-likeness (QED) is 0.763. The second kappa shape index (κ2) is 4.41. The van der Waals surface area contributed by atoms with Crippen molar-refractivity contribution >= 4 is 18.3 Å². The van der Waals surface area contributed by atoms with Gasteiger partial charge in [-0.3, -0.25) is 4.79 Å². The minimum Gasteiger partial charge on any atom is -0.377 e. The van der Waals surface area contributed by atoms with Gasteiger partial charge in [-0.15, -0.1) is 12.4 Å². The molecular formula is C12H21ClN2O2. The third-order valence-electron chi connectivity index (χ3n) is 4.55. The second-order valence-electron chi connectivity index (χ2n) is 5.91. The second-order valence-corrected chi connectivity index (χ2v) is 5.91. The molecule has 1 saturated carbocycles. The summed E-state index contributed by atoms with van der Waals surface area (Å²) in [4.78, 5) is 11.9. The number of fused-ring (bicyclic) bond motifs is 1. The van der Waals surface area contributed by atoms with Crippen LogP contribution in [0.25, 0.3) is 0 Å². The lowest BCUT2D eigenvalue weighted by Gasteiger charge is -2.55. The van der Waals surface area contributed by atoms with Crippen molar-refractivity contribution in [1.29, 1.82) is 0 Å². The number of hydrogen-bond acceptors (Lipinski definition) is 3. The highest BCUT2D eigenvalue weighted by atomic mass is 35.5. The maximum atomic E-state index is 11.9. The summed E-state index contributed by atoms with van der Waals surface area (Å²) >= 11 is 0. The van der Waals surface area contributed by atoms with Crippen LogP contribution in [0.2, 0.25) is 0 Å². The highest BCUT2D eigenvalue weighted by molar-refractivity contribution is 5.85. The lowest BCUT2D eigenvalue weighted by Crippen LogP contribution is -2.68. The minimum atomic E-state index is 0. The lowest BCUT2D eigenvalue weighted by molar-refractivity contribution is -0.142. The molecular weight excluding hydrogens is 240 g/mol. The molecule has 4 nitrogen and oxygen atoms in total. The molecule has 17 heavy (non-hydrogen) atoms. The molecule has 0 spiro atoms. The van der Waals surface area contributed by atoms with E-state index in [0.29, 0.717) is 18.1 Å². The Labute approximate surface area is 108 Å². The molecule has 1 aliphatic carbocycles. The summed E-state index contributed by atoms with van der Waals surface area (Å²) in [6.45, 7) is 6.93. The van der Waals surface area contributed by atoms with E-state index >= 15 is 0 Å². The molecule has 2 aliphatic heterocycles. The summed E-state index contributed by atoms with van der Waals surface area (Å²) in [5.41, 5.74) is 0.105. The molecule has 1 amide bonds. The molecule has 0 bridgehead atoms. The zero-order valence-corrected chi connectivity index (χ0v) is 11.2. The van der Waals surface area contributed by atoms with Crippen LogP contribution in [0.5, 0.6) is 0 Å². The van der Waals surface area contributed by atoms with Crippen LogP contribution in [0.1, 0.15) is 20.3 Å². The molecule has 2 saturated heterocycles. The van der Waals surface area contributed by atoms with Crippen LogP contribution in [0.4, 0.5) is 0 Å². The van der Waals surface area contributed by atoms with Crippen molar-refractivity contribution in [2.24, 2.45) is 17.3 Å². The fourth-order valence-electron chi connectivity index (χ4n) is 3.36. The van der Waals surface area contributed by atoms with E-state index in [2.05, 4.69) is 24.5 Å². The predicted molar refractivity (Wildman–Crippen MR) is 67.2 cm³/mol. The average molecular weight is 261 g/mol. The number of amides is 1. The molecule has 3 rings (SSSR count). The largest absolute Gasteiger partial charge is 0.377 e. The van der Waals surface area contributed by atoms with Crippen LogP contribution in [-0.2, 0) is 9.53 Å². The first kappa shape index (κ1) is 13.1. The Morgan fingerprint density at radius 1 is 1.41 bits per heavy atom. The number of carbonyl (C=O) groups is 1. The standard InChI is InChI=1S/C12H20N2O2.ClH/c1-12(2)9(8-3-4-16-10(8)12)14-11(15)7-5-13-6-7;/h7-10,13H,3-6H2,1-2H3,(H,14,15);1H. The van der Waals surface area contributed by atoms with Crippen LogP contribution >= 0.6 is 12.4 Å². The molecule has 98 valence electrons. The zero-order valence-electron chi connectivity index (χ0n) is 10.4. The molecule has 5 heteroatoms. The van der Waals surface area contributed by atoms with E-state index in [0.717, 1.165) is 26.1 Å². The van der Waals surface area contributed by atoms with Crippen molar-refractivity contribution in [3.05, 3.63) is 0 Å². The normalized spacial score (nSPS) is 38.4. The molecule has 2 N–H and O–H groups in total. The van der Waals surface area contributed by atoms with E-state index in [1.54, 1.807) is 0 Å². The summed E-state index contributed by atoms with van der Waals surface area (Å²) in [6, 6.07) is 0.313. The smallest absolute Gasteiger partial charge is 0.225 e. The van der Waals surface area contributed by atoms with E-state index in [9.17, 15) is 4.79 Å². The van der Waals surface area contributed by atoms with Gasteiger partial charge in [-0.05, 0) is 6.42 Å². The number of hydrogen-bond donors (Lipinski definition) is 2. The molecule has 0 aromatic heterocycles. The Hall–Kier alpha value is -0.320.